The molecule has 18 heavy (non-hydrogen) atoms. The van der Waals surface area contributed by atoms with E-state index < -0.39 is 0 Å². The van der Waals surface area contributed by atoms with Gasteiger partial charge in [0.05, 0.1) is 6.33 Å². The monoisotopic (exact) mass is 245 g/mol. The molecular weight excluding hydrogens is 226 g/mol. The fourth-order valence-electron chi connectivity index (χ4n) is 2.61. The maximum atomic E-state index is 4.32. The van der Waals surface area contributed by atoms with Crippen LogP contribution in [0.25, 0.3) is 11.2 Å². The molecule has 0 spiro atoms. The second kappa shape index (κ2) is 4.23. The average molecular weight is 245 g/mol. The summed E-state index contributed by atoms with van der Waals surface area (Å²) >= 11 is 0. The number of fused-ring (bicyclic) bond motifs is 1. The number of aromatic amines is 1. The Morgan fingerprint density at radius 3 is 2.78 bits per heavy atom. The van der Waals surface area contributed by atoms with Crippen molar-refractivity contribution in [3.63, 3.8) is 0 Å². The van der Waals surface area contributed by atoms with Gasteiger partial charge < -0.3 is 10.3 Å². The fraction of sp³-hybridized carbons (Fsp3) is 0.615. The first-order chi connectivity index (χ1) is 8.64. The van der Waals surface area contributed by atoms with Crippen LogP contribution in [-0.2, 0) is 0 Å². The lowest BCUT2D eigenvalue weighted by Gasteiger charge is -2.34. The Bertz CT molecular complexity index is 535. The lowest BCUT2D eigenvalue weighted by atomic mass is 9.75. The van der Waals surface area contributed by atoms with E-state index in [1.165, 1.54) is 25.7 Å². The molecule has 1 aliphatic carbocycles. The molecule has 2 N–H and O–H groups in total. The Labute approximate surface area is 106 Å². The van der Waals surface area contributed by atoms with E-state index in [1.54, 1.807) is 12.7 Å². The summed E-state index contributed by atoms with van der Waals surface area (Å²) in [6, 6.07) is 0.513. The van der Waals surface area contributed by atoms with Crippen molar-refractivity contribution in [1.82, 2.24) is 19.9 Å². The van der Waals surface area contributed by atoms with Crippen molar-refractivity contribution >= 4 is 17.0 Å². The Kier molecular flexibility index (Phi) is 2.69. The van der Waals surface area contributed by atoms with E-state index in [-0.39, 0.29) is 0 Å². The molecule has 2 heterocycles. The number of rotatable bonds is 2. The topological polar surface area (TPSA) is 66.5 Å². The number of H-pyrrole nitrogens is 1. The van der Waals surface area contributed by atoms with E-state index in [2.05, 4.69) is 39.1 Å². The van der Waals surface area contributed by atoms with Crippen LogP contribution in [0.4, 0.5) is 5.82 Å². The van der Waals surface area contributed by atoms with E-state index in [0.717, 1.165) is 17.0 Å². The molecule has 0 unspecified atom stereocenters. The number of aromatic nitrogens is 4. The average Bonchev–Trinajstić information content (AvgIpc) is 2.81. The SMILES string of the molecule is CC1(C)CCC(Nc2ncnc3nc[nH]c23)CC1. The molecule has 2 aromatic heterocycles. The highest BCUT2D eigenvalue weighted by Gasteiger charge is 2.27. The van der Waals surface area contributed by atoms with E-state index in [9.17, 15) is 0 Å². The van der Waals surface area contributed by atoms with Crippen LogP contribution in [0.2, 0.25) is 0 Å². The highest BCUT2D eigenvalue weighted by atomic mass is 15.1. The van der Waals surface area contributed by atoms with Crippen LogP contribution in [0.3, 0.4) is 0 Å². The van der Waals surface area contributed by atoms with Crippen LogP contribution in [0, 0.1) is 5.41 Å². The number of hydrogen-bond donors (Lipinski definition) is 2. The van der Waals surface area contributed by atoms with E-state index in [4.69, 9.17) is 0 Å². The Morgan fingerprint density at radius 2 is 2.00 bits per heavy atom. The lowest BCUT2D eigenvalue weighted by Crippen LogP contribution is -2.30. The molecule has 0 aliphatic heterocycles. The summed E-state index contributed by atoms with van der Waals surface area (Å²) in [4.78, 5) is 15.7. The minimum atomic E-state index is 0.493. The molecule has 0 amide bonds. The Hall–Kier alpha value is -1.65. The Balaban J connectivity index is 1.75. The molecular formula is C13H19N5. The largest absolute Gasteiger partial charge is 0.365 e. The summed E-state index contributed by atoms with van der Waals surface area (Å²) in [5.41, 5.74) is 2.12. The molecule has 5 heteroatoms. The number of hydrogen-bond acceptors (Lipinski definition) is 4. The number of nitrogens with one attached hydrogen (secondary N) is 2. The zero-order valence-corrected chi connectivity index (χ0v) is 10.9. The molecule has 0 saturated heterocycles. The van der Waals surface area contributed by atoms with Crippen LogP contribution >= 0.6 is 0 Å². The molecule has 1 fully saturated rings. The zero-order chi connectivity index (χ0) is 12.6. The maximum absolute atomic E-state index is 4.32. The van der Waals surface area contributed by atoms with Crippen molar-refractivity contribution in [2.75, 3.05) is 5.32 Å². The maximum Gasteiger partial charge on any atom is 0.182 e. The van der Waals surface area contributed by atoms with Gasteiger partial charge in [0.15, 0.2) is 11.5 Å². The lowest BCUT2D eigenvalue weighted by molar-refractivity contribution is 0.232. The molecule has 0 atom stereocenters. The quantitative estimate of drug-likeness (QED) is 0.853. The van der Waals surface area contributed by atoms with Crippen molar-refractivity contribution in [1.29, 1.82) is 0 Å². The van der Waals surface area contributed by atoms with Crippen molar-refractivity contribution in [2.45, 2.75) is 45.6 Å². The molecule has 5 nitrogen and oxygen atoms in total. The minimum absolute atomic E-state index is 0.493. The first-order valence-corrected chi connectivity index (χ1v) is 6.55. The molecule has 0 aromatic carbocycles. The summed E-state index contributed by atoms with van der Waals surface area (Å²) in [7, 11) is 0. The van der Waals surface area contributed by atoms with Crippen molar-refractivity contribution in [3.8, 4) is 0 Å². The first-order valence-electron chi connectivity index (χ1n) is 6.55. The number of imidazole rings is 1. The third kappa shape index (κ3) is 2.17. The van der Waals surface area contributed by atoms with Crippen LogP contribution in [0.5, 0.6) is 0 Å². The van der Waals surface area contributed by atoms with Gasteiger partial charge in [-0.05, 0) is 31.1 Å². The molecule has 1 aliphatic rings. The van der Waals surface area contributed by atoms with Gasteiger partial charge in [0.1, 0.15) is 11.8 Å². The molecule has 0 radical (unpaired) electrons. The second-order valence-electron chi connectivity index (χ2n) is 5.91. The van der Waals surface area contributed by atoms with Crippen LogP contribution < -0.4 is 5.32 Å². The summed E-state index contributed by atoms with van der Waals surface area (Å²) in [5.74, 6) is 0.877. The van der Waals surface area contributed by atoms with Gasteiger partial charge in [0.25, 0.3) is 0 Å². The van der Waals surface area contributed by atoms with Crippen LogP contribution in [-0.4, -0.2) is 26.0 Å². The highest BCUT2D eigenvalue weighted by molar-refractivity contribution is 5.82. The van der Waals surface area contributed by atoms with E-state index in [1.807, 2.05) is 0 Å². The van der Waals surface area contributed by atoms with Crippen LogP contribution in [0.1, 0.15) is 39.5 Å². The van der Waals surface area contributed by atoms with Gasteiger partial charge in [-0.1, -0.05) is 13.8 Å². The summed E-state index contributed by atoms with van der Waals surface area (Å²) < 4.78 is 0. The normalized spacial score (nSPS) is 20.1. The third-order valence-electron chi connectivity index (χ3n) is 3.90. The number of anilines is 1. The van der Waals surface area contributed by atoms with Crippen molar-refractivity contribution in [3.05, 3.63) is 12.7 Å². The predicted octanol–water partition coefficient (Wildman–Crippen LogP) is 2.73. The van der Waals surface area contributed by atoms with Crippen molar-refractivity contribution < 1.29 is 0 Å². The summed E-state index contributed by atoms with van der Waals surface area (Å²) in [6.07, 6.45) is 8.16. The van der Waals surface area contributed by atoms with Gasteiger partial charge in [-0.3, -0.25) is 0 Å². The van der Waals surface area contributed by atoms with Gasteiger partial charge in [-0.15, -0.1) is 0 Å². The first kappa shape index (κ1) is 11.4. The minimum Gasteiger partial charge on any atom is -0.365 e. The summed E-state index contributed by atoms with van der Waals surface area (Å²) in [5, 5.41) is 3.53. The molecule has 0 bridgehead atoms. The predicted molar refractivity (Wildman–Crippen MR) is 71.3 cm³/mol. The van der Waals surface area contributed by atoms with Crippen LogP contribution in [0.15, 0.2) is 12.7 Å². The molecule has 2 aromatic rings. The molecule has 96 valence electrons. The number of nitrogens with zero attached hydrogens (tertiary/aromatic N) is 3. The Morgan fingerprint density at radius 1 is 1.22 bits per heavy atom. The van der Waals surface area contributed by atoms with Crippen molar-refractivity contribution in [2.24, 2.45) is 5.41 Å². The van der Waals surface area contributed by atoms with Gasteiger partial charge in [-0.25, -0.2) is 15.0 Å². The van der Waals surface area contributed by atoms with E-state index >= 15 is 0 Å². The highest BCUT2D eigenvalue weighted by Crippen LogP contribution is 2.36. The zero-order valence-electron chi connectivity index (χ0n) is 10.9. The fourth-order valence-corrected chi connectivity index (χ4v) is 2.61. The standard InChI is InChI=1S/C13H19N5/c1-13(2)5-3-9(4-6-13)18-12-10-11(15-7-14-10)16-8-17-12/h7-9H,3-6H2,1-2H3,(H2,14,15,16,17,18). The second-order valence-corrected chi connectivity index (χ2v) is 5.91. The van der Waals surface area contributed by atoms with Gasteiger partial charge >= 0.3 is 0 Å². The molecule has 1 saturated carbocycles. The van der Waals surface area contributed by atoms with Gasteiger partial charge in [0, 0.05) is 6.04 Å². The smallest absolute Gasteiger partial charge is 0.182 e. The summed E-state index contributed by atoms with van der Waals surface area (Å²) in [6.45, 7) is 4.70. The molecule has 3 rings (SSSR count). The van der Waals surface area contributed by atoms with E-state index in [0.29, 0.717) is 11.5 Å². The van der Waals surface area contributed by atoms with Gasteiger partial charge in [-0.2, -0.15) is 0 Å². The third-order valence-corrected chi connectivity index (χ3v) is 3.90. The van der Waals surface area contributed by atoms with Gasteiger partial charge in [0.2, 0.25) is 0 Å².